The third-order valence-corrected chi connectivity index (χ3v) is 5.19. The zero-order chi connectivity index (χ0) is 21.1. The van der Waals surface area contributed by atoms with Crippen molar-refractivity contribution in [2.45, 2.75) is 12.5 Å². The van der Waals surface area contributed by atoms with Crippen molar-refractivity contribution < 1.29 is 19.4 Å². The highest BCUT2D eigenvalue weighted by atomic mass is 16.5. The van der Waals surface area contributed by atoms with Crippen molar-refractivity contribution in [3.8, 4) is 11.5 Å². The molecule has 156 valence electrons. The summed E-state index contributed by atoms with van der Waals surface area (Å²) >= 11 is 0. The van der Waals surface area contributed by atoms with Gasteiger partial charge in [0.15, 0.2) is 18.1 Å². The number of anilines is 1. The summed E-state index contributed by atoms with van der Waals surface area (Å²) in [7, 11) is 1.51. The molecule has 1 fully saturated rings. The number of methoxy groups -OCH3 is 1. The summed E-state index contributed by atoms with van der Waals surface area (Å²) in [5.74, 6) is 0.588. The molecule has 0 spiro atoms. The normalized spacial score (nSPS) is 16.5. The van der Waals surface area contributed by atoms with Crippen LogP contribution in [0.1, 0.15) is 17.7 Å². The number of benzene rings is 2. The van der Waals surface area contributed by atoms with E-state index >= 15 is 0 Å². The molecule has 4 rings (SSSR count). The van der Waals surface area contributed by atoms with Gasteiger partial charge in [-0.25, -0.2) is 0 Å². The number of aliphatic hydroxyl groups is 1. The van der Waals surface area contributed by atoms with E-state index in [4.69, 9.17) is 15.2 Å². The molecule has 0 saturated carbocycles. The van der Waals surface area contributed by atoms with Crippen LogP contribution in [0.25, 0.3) is 23.1 Å². The molecule has 4 N–H and O–H groups in total. The molecule has 8 heteroatoms. The van der Waals surface area contributed by atoms with Crippen LogP contribution in [0.3, 0.4) is 0 Å². The number of aliphatic hydroxyl groups excluding tert-OH is 1. The average Bonchev–Trinajstić information content (AvgIpc) is 3.37. The van der Waals surface area contributed by atoms with Crippen molar-refractivity contribution in [1.82, 2.24) is 15.1 Å². The Balaban J connectivity index is 1.50. The number of hydrogen-bond donors (Lipinski definition) is 3. The number of nitrogens with one attached hydrogen (secondary N) is 1. The number of H-pyrrole nitrogens is 1. The summed E-state index contributed by atoms with van der Waals surface area (Å²) in [4.78, 5) is 13.8. The number of aromatic amines is 1. The fourth-order valence-electron chi connectivity index (χ4n) is 3.54. The van der Waals surface area contributed by atoms with Crippen LogP contribution >= 0.6 is 0 Å². The van der Waals surface area contributed by atoms with Crippen LogP contribution < -0.4 is 15.2 Å². The number of nitrogen functional groups attached to an aromatic ring is 1. The first-order valence-electron chi connectivity index (χ1n) is 9.73. The molecule has 1 aliphatic heterocycles. The van der Waals surface area contributed by atoms with E-state index in [-0.39, 0.29) is 12.5 Å². The predicted molar refractivity (Wildman–Crippen MR) is 115 cm³/mol. The van der Waals surface area contributed by atoms with Gasteiger partial charge in [-0.05, 0) is 30.7 Å². The maximum atomic E-state index is 12.3. The quantitative estimate of drug-likeness (QED) is 0.540. The molecule has 1 unspecified atom stereocenters. The van der Waals surface area contributed by atoms with Crippen LogP contribution in [0.2, 0.25) is 0 Å². The number of fused-ring (bicyclic) bond motifs is 1. The summed E-state index contributed by atoms with van der Waals surface area (Å²) in [5.41, 5.74) is 9.21. The third-order valence-electron chi connectivity index (χ3n) is 5.19. The number of amides is 1. The van der Waals surface area contributed by atoms with Crippen molar-refractivity contribution >= 4 is 34.6 Å². The number of nitrogens with two attached hydrogens (primary N) is 1. The van der Waals surface area contributed by atoms with Crippen LogP contribution in [0, 0.1) is 0 Å². The molecule has 1 saturated heterocycles. The Morgan fingerprint density at radius 3 is 2.93 bits per heavy atom. The van der Waals surface area contributed by atoms with E-state index in [1.807, 2.05) is 42.5 Å². The largest absolute Gasteiger partial charge is 0.491 e. The topological polar surface area (TPSA) is 114 Å². The fourth-order valence-corrected chi connectivity index (χ4v) is 3.54. The molecule has 3 aromatic rings. The van der Waals surface area contributed by atoms with E-state index in [1.165, 1.54) is 7.11 Å². The summed E-state index contributed by atoms with van der Waals surface area (Å²) in [6.45, 7) is 0.734. The standard InChI is InChI=1S/C22H24N4O4/c1-29-22-19(30-13-20(28)26-11-10-15(27)12-26)9-7-14(21(22)23)6-8-18-16-4-2-3-5-17(16)24-25-18/h2-9,15,27H,10-13,23H2,1H3,(H,24,25). The third kappa shape index (κ3) is 3.95. The summed E-state index contributed by atoms with van der Waals surface area (Å²) in [6, 6.07) is 11.4. The van der Waals surface area contributed by atoms with Gasteiger partial charge in [0, 0.05) is 24.0 Å². The molecule has 1 aromatic heterocycles. The molecule has 1 amide bonds. The second-order valence-corrected chi connectivity index (χ2v) is 7.16. The van der Waals surface area contributed by atoms with Gasteiger partial charge in [-0.1, -0.05) is 24.3 Å². The van der Waals surface area contributed by atoms with Crippen molar-refractivity contribution in [3.05, 3.63) is 47.7 Å². The molecule has 30 heavy (non-hydrogen) atoms. The number of carbonyl (C=O) groups excluding carboxylic acids is 1. The Bertz CT molecular complexity index is 1090. The molecule has 0 aliphatic carbocycles. The molecular weight excluding hydrogens is 384 g/mol. The fraction of sp³-hybridized carbons (Fsp3) is 0.273. The second-order valence-electron chi connectivity index (χ2n) is 7.16. The minimum Gasteiger partial charge on any atom is -0.491 e. The Morgan fingerprint density at radius 1 is 1.33 bits per heavy atom. The average molecular weight is 408 g/mol. The smallest absolute Gasteiger partial charge is 0.260 e. The minimum absolute atomic E-state index is 0.142. The van der Waals surface area contributed by atoms with Crippen molar-refractivity contribution in [1.29, 1.82) is 0 Å². The molecule has 1 aliphatic rings. The highest BCUT2D eigenvalue weighted by molar-refractivity contribution is 5.90. The van der Waals surface area contributed by atoms with E-state index in [2.05, 4.69) is 10.2 Å². The number of rotatable bonds is 6. The molecule has 2 heterocycles. The van der Waals surface area contributed by atoms with Gasteiger partial charge in [0.1, 0.15) is 0 Å². The van der Waals surface area contributed by atoms with Gasteiger partial charge in [-0.3, -0.25) is 9.89 Å². The number of ether oxygens (including phenoxy) is 2. The van der Waals surface area contributed by atoms with Gasteiger partial charge >= 0.3 is 0 Å². The first-order chi connectivity index (χ1) is 14.6. The molecule has 2 aromatic carbocycles. The number of aromatic nitrogens is 2. The first-order valence-corrected chi connectivity index (χ1v) is 9.73. The lowest BCUT2D eigenvalue weighted by atomic mass is 10.1. The maximum Gasteiger partial charge on any atom is 0.260 e. The minimum atomic E-state index is -0.461. The first kappa shape index (κ1) is 19.8. The van der Waals surface area contributed by atoms with E-state index in [0.717, 1.165) is 22.2 Å². The number of hydrogen-bond acceptors (Lipinski definition) is 6. The molecule has 0 bridgehead atoms. The van der Waals surface area contributed by atoms with Gasteiger partial charge in [0.2, 0.25) is 0 Å². The number of nitrogens with zero attached hydrogens (tertiary/aromatic N) is 2. The number of carbonyl (C=O) groups is 1. The number of likely N-dealkylation sites (tertiary alicyclic amines) is 1. The van der Waals surface area contributed by atoms with Crippen molar-refractivity contribution in [2.24, 2.45) is 0 Å². The zero-order valence-corrected chi connectivity index (χ0v) is 16.7. The van der Waals surface area contributed by atoms with E-state index in [9.17, 15) is 9.90 Å². The highest BCUT2D eigenvalue weighted by Gasteiger charge is 2.25. The predicted octanol–water partition coefficient (Wildman–Crippen LogP) is 2.30. The van der Waals surface area contributed by atoms with Gasteiger partial charge in [-0.15, -0.1) is 0 Å². The highest BCUT2D eigenvalue weighted by Crippen LogP contribution is 2.37. The Hall–Kier alpha value is -3.52. The lowest BCUT2D eigenvalue weighted by Gasteiger charge is -2.18. The van der Waals surface area contributed by atoms with Crippen LogP contribution in [0.4, 0.5) is 5.69 Å². The Kier molecular flexibility index (Phi) is 5.58. The van der Waals surface area contributed by atoms with Gasteiger partial charge in [0.25, 0.3) is 5.91 Å². The van der Waals surface area contributed by atoms with Crippen LogP contribution in [-0.4, -0.2) is 59.0 Å². The van der Waals surface area contributed by atoms with Crippen LogP contribution in [0.5, 0.6) is 11.5 Å². The van der Waals surface area contributed by atoms with Gasteiger partial charge in [-0.2, -0.15) is 5.10 Å². The van der Waals surface area contributed by atoms with Gasteiger partial charge < -0.3 is 25.2 Å². The zero-order valence-electron chi connectivity index (χ0n) is 16.7. The molecule has 8 nitrogen and oxygen atoms in total. The lowest BCUT2D eigenvalue weighted by molar-refractivity contribution is -0.132. The van der Waals surface area contributed by atoms with Crippen LogP contribution in [0.15, 0.2) is 36.4 Å². The van der Waals surface area contributed by atoms with E-state index in [1.54, 1.807) is 11.0 Å². The van der Waals surface area contributed by atoms with Crippen molar-refractivity contribution in [3.63, 3.8) is 0 Å². The summed E-state index contributed by atoms with van der Waals surface area (Å²) < 4.78 is 11.1. The Morgan fingerprint density at radius 2 is 2.17 bits per heavy atom. The summed E-state index contributed by atoms with van der Waals surface area (Å²) in [5, 5.41) is 17.9. The SMILES string of the molecule is COc1c(OCC(=O)N2CCC(O)C2)ccc(C=Cc2n[nH]c3ccccc23)c1N. The van der Waals surface area contributed by atoms with Crippen molar-refractivity contribution in [2.75, 3.05) is 32.5 Å². The second kappa shape index (κ2) is 8.46. The maximum absolute atomic E-state index is 12.3. The molecule has 0 radical (unpaired) electrons. The number of para-hydroxylation sites is 1. The number of β-amino-alcohol motifs (C(OH)–C–C–N with tert-alkyl or cyclic N) is 1. The molecular formula is C22H24N4O4. The van der Waals surface area contributed by atoms with Gasteiger partial charge in [0.05, 0.1) is 30.1 Å². The molecule has 1 atom stereocenters. The monoisotopic (exact) mass is 408 g/mol. The lowest BCUT2D eigenvalue weighted by Crippen LogP contribution is -2.33. The van der Waals surface area contributed by atoms with E-state index in [0.29, 0.717) is 36.7 Å². The summed E-state index contributed by atoms with van der Waals surface area (Å²) in [6.07, 6.45) is 3.87. The van der Waals surface area contributed by atoms with E-state index < -0.39 is 6.10 Å². The Labute approximate surface area is 173 Å². The van der Waals surface area contributed by atoms with Crippen LogP contribution in [-0.2, 0) is 4.79 Å².